The summed E-state index contributed by atoms with van der Waals surface area (Å²) in [4.78, 5) is 4.97. The van der Waals surface area contributed by atoms with E-state index in [1.807, 2.05) is 18.2 Å². The quantitative estimate of drug-likeness (QED) is 0.658. The molecule has 0 radical (unpaired) electrons. The zero-order chi connectivity index (χ0) is 17.4. The van der Waals surface area contributed by atoms with Gasteiger partial charge < -0.3 is 0 Å². The van der Waals surface area contributed by atoms with Crippen LogP contribution >= 0.6 is 22.9 Å². The Morgan fingerprint density at radius 3 is 2.80 bits per heavy atom. The molecule has 3 aromatic rings. The fourth-order valence-corrected chi connectivity index (χ4v) is 6.12. The van der Waals surface area contributed by atoms with Crippen LogP contribution in [-0.4, -0.2) is 30.8 Å². The second kappa shape index (κ2) is 6.68. The maximum absolute atomic E-state index is 12.9. The van der Waals surface area contributed by atoms with Crippen molar-refractivity contribution in [2.24, 2.45) is 0 Å². The number of sulfonamides is 1. The van der Waals surface area contributed by atoms with Gasteiger partial charge >= 0.3 is 0 Å². The molecule has 1 atom stereocenters. The molecule has 0 spiro atoms. The molecule has 130 valence electrons. The monoisotopic (exact) mass is 392 g/mol. The Bertz CT molecular complexity index is 984. The molecule has 0 N–H and O–H groups in total. The Balaban J connectivity index is 1.62. The summed E-state index contributed by atoms with van der Waals surface area (Å²) in [5.74, 6) is 0.139. The minimum atomic E-state index is -3.53. The van der Waals surface area contributed by atoms with Crippen molar-refractivity contribution in [2.75, 3.05) is 13.1 Å². The van der Waals surface area contributed by atoms with Crippen molar-refractivity contribution >= 4 is 43.2 Å². The first-order chi connectivity index (χ1) is 12.0. The number of piperidine rings is 1. The summed E-state index contributed by atoms with van der Waals surface area (Å²) in [5, 5.41) is 1.45. The van der Waals surface area contributed by atoms with Crippen LogP contribution in [0.1, 0.15) is 23.8 Å². The fourth-order valence-electron chi connectivity index (χ4n) is 3.20. The minimum Gasteiger partial charge on any atom is -0.241 e. The van der Waals surface area contributed by atoms with Crippen LogP contribution in [0.2, 0.25) is 5.02 Å². The molecule has 0 bridgehead atoms. The number of benzene rings is 2. The van der Waals surface area contributed by atoms with Crippen LogP contribution in [0, 0.1) is 0 Å². The number of rotatable bonds is 3. The van der Waals surface area contributed by atoms with Crippen molar-refractivity contribution in [2.45, 2.75) is 23.7 Å². The molecule has 25 heavy (non-hydrogen) atoms. The predicted molar refractivity (Wildman–Crippen MR) is 102 cm³/mol. The van der Waals surface area contributed by atoms with E-state index in [0.717, 1.165) is 28.1 Å². The average Bonchev–Trinajstić information content (AvgIpc) is 3.06. The molecule has 0 aliphatic carbocycles. The van der Waals surface area contributed by atoms with Crippen molar-refractivity contribution in [3.8, 4) is 0 Å². The zero-order valence-corrected chi connectivity index (χ0v) is 15.8. The van der Waals surface area contributed by atoms with Gasteiger partial charge in [-0.05, 0) is 43.2 Å². The van der Waals surface area contributed by atoms with Gasteiger partial charge in [0.2, 0.25) is 10.0 Å². The summed E-state index contributed by atoms with van der Waals surface area (Å²) in [6.07, 6.45) is 1.79. The number of hydrogen-bond acceptors (Lipinski definition) is 4. The topological polar surface area (TPSA) is 50.3 Å². The first kappa shape index (κ1) is 17.0. The van der Waals surface area contributed by atoms with E-state index in [9.17, 15) is 8.42 Å². The lowest BCUT2D eigenvalue weighted by Crippen LogP contribution is -2.39. The molecule has 0 saturated carbocycles. The highest BCUT2D eigenvalue weighted by atomic mass is 35.5. The summed E-state index contributed by atoms with van der Waals surface area (Å²) >= 11 is 7.63. The number of thiazole rings is 1. The fraction of sp³-hybridized carbons (Fsp3) is 0.278. The van der Waals surface area contributed by atoms with Crippen LogP contribution in [0.15, 0.2) is 53.4 Å². The van der Waals surface area contributed by atoms with Crippen LogP contribution in [0.5, 0.6) is 0 Å². The number of nitrogens with zero attached hydrogens (tertiary/aromatic N) is 2. The molecule has 4 rings (SSSR count). The lowest BCUT2D eigenvalue weighted by atomic mass is 10.0. The molecule has 4 nitrogen and oxygen atoms in total. The summed E-state index contributed by atoms with van der Waals surface area (Å²) in [6, 6.07) is 14.5. The van der Waals surface area contributed by atoms with Gasteiger partial charge in [0.05, 0.1) is 20.1 Å². The molecular weight excluding hydrogens is 376 g/mol. The van der Waals surface area contributed by atoms with Crippen LogP contribution in [-0.2, 0) is 10.0 Å². The van der Waals surface area contributed by atoms with Crippen LogP contribution in [0.3, 0.4) is 0 Å². The maximum atomic E-state index is 12.9. The van der Waals surface area contributed by atoms with Gasteiger partial charge in [0.15, 0.2) is 0 Å². The highest BCUT2D eigenvalue weighted by Crippen LogP contribution is 2.34. The lowest BCUT2D eigenvalue weighted by molar-refractivity contribution is 0.315. The van der Waals surface area contributed by atoms with Crippen LogP contribution in [0.4, 0.5) is 0 Å². The molecule has 1 aliphatic rings. The molecule has 1 aromatic heterocycles. The third kappa shape index (κ3) is 3.31. The molecule has 0 unspecified atom stereocenters. The third-order valence-electron chi connectivity index (χ3n) is 4.48. The molecular formula is C18H17ClN2O2S2. The SMILES string of the molecule is O=S(=O)(c1cccc(Cl)c1)N1CCC[C@H](c2nc3ccccc3s2)C1. The minimum absolute atomic E-state index is 0.139. The normalized spacial score (nSPS) is 19.3. The second-order valence-corrected chi connectivity index (χ2v) is 9.62. The summed E-state index contributed by atoms with van der Waals surface area (Å²) in [7, 11) is -3.53. The van der Waals surface area contributed by atoms with E-state index in [-0.39, 0.29) is 10.8 Å². The highest BCUT2D eigenvalue weighted by molar-refractivity contribution is 7.89. The number of halogens is 1. The Morgan fingerprint density at radius 1 is 1.16 bits per heavy atom. The standard InChI is InChI=1S/C18H17ClN2O2S2/c19-14-6-3-7-15(11-14)25(22,23)21-10-4-5-13(12-21)18-20-16-8-1-2-9-17(16)24-18/h1-3,6-9,11,13H,4-5,10,12H2/t13-/m0/s1. The molecule has 2 aromatic carbocycles. The maximum Gasteiger partial charge on any atom is 0.243 e. The second-order valence-electron chi connectivity index (χ2n) is 6.18. The third-order valence-corrected chi connectivity index (χ3v) is 7.77. The summed E-state index contributed by atoms with van der Waals surface area (Å²) in [6.45, 7) is 1.00. The van der Waals surface area contributed by atoms with Gasteiger partial charge in [0.1, 0.15) is 0 Å². The molecule has 7 heteroatoms. The predicted octanol–water partition coefficient (Wildman–Crippen LogP) is 4.52. The van der Waals surface area contributed by atoms with E-state index in [1.165, 1.54) is 6.07 Å². The number of fused-ring (bicyclic) bond motifs is 1. The van der Waals surface area contributed by atoms with Gasteiger partial charge in [-0.25, -0.2) is 13.4 Å². The number of hydrogen-bond donors (Lipinski definition) is 0. The molecule has 0 amide bonds. The zero-order valence-electron chi connectivity index (χ0n) is 13.4. The first-order valence-corrected chi connectivity index (χ1v) is 10.8. The smallest absolute Gasteiger partial charge is 0.241 e. The molecule has 1 fully saturated rings. The van der Waals surface area contributed by atoms with Gasteiger partial charge in [-0.2, -0.15) is 4.31 Å². The van der Waals surface area contributed by atoms with Gasteiger partial charge in [-0.3, -0.25) is 0 Å². The number of para-hydroxylation sites is 1. The average molecular weight is 393 g/mol. The van der Waals surface area contributed by atoms with E-state index in [4.69, 9.17) is 16.6 Å². The van der Waals surface area contributed by atoms with E-state index in [1.54, 1.807) is 33.8 Å². The van der Waals surface area contributed by atoms with Crippen LogP contribution in [0.25, 0.3) is 10.2 Å². The Labute approximate surface area is 156 Å². The van der Waals surface area contributed by atoms with E-state index < -0.39 is 10.0 Å². The van der Waals surface area contributed by atoms with Crippen molar-refractivity contribution < 1.29 is 8.42 Å². The van der Waals surface area contributed by atoms with Gasteiger partial charge in [0, 0.05) is 24.0 Å². The van der Waals surface area contributed by atoms with Gasteiger partial charge in [-0.15, -0.1) is 11.3 Å². The Hall–Kier alpha value is -1.47. The van der Waals surface area contributed by atoms with E-state index in [0.29, 0.717) is 18.1 Å². The largest absolute Gasteiger partial charge is 0.243 e. The van der Waals surface area contributed by atoms with Gasteiger partial charge in [0.25, 0.3) is 0 Å². The lowest BCUT2D eigenvalue weighted by Gasteiger charge is -2.31. The molecule has 2 heterocycles. The first-order valence-electron chi connectivity index (χ1n) is 8.15. The van der Waals surface area contributed by atoms with Crippen LogP contribution < -0.4 is 0 Å². The van der Waals surface area contributed by atoms with Crippen molar-refractivity contribution in [1.29, 1.82) is 0 Å². The Morgan fingerprint density at radius 2 is 2.00 bits per heavy atom. The molecule has 1 saturated heterocycles. The summed E-state index contributed by atoms with van der Waals surface area (Å²) in [5.41, 5.74) is 0.984. The van der Waals surface area contributed by atoms with Crippen molar-refractivity contribution in [1.82, 2.24) is 9.29 Å². The van der Waals surface area contributed by atoms with E-state index in [2.05, 4.69) is 6.07 Å². The Kier molecular flexibility index (Phi) is 4.54. The van der Waals surface area contributed by atoms with Crippen molar-refractivity contribution in [3.63, 3.8) is 0 Å². The molecule has 1 aliphatic heterocycles. The van der Waals surface area contributed by atoms with Crippen molar-refractivity contribution in [3.05, 3.63) is 58.6 Å². The van der Waals surface area contributed by atoms with Gasteiger partial charge in [-0.1, -0.05) is 29.8 Å². The highest BCUT2D eigenvalue weighted by Gasteiger charge is 2.32. The summed E-state index contributed by atoms with van der Waals surface area (Å²) < 4.78 is 28.6. The van der Waals surface area contributed by atoms with E-state index >= 15 is 0 Å². The number of aromatic nitrogens is 1.